The van der Waals surface area contributed by atoms with E-state index >= 15 is 0 Å². The van der Waals surface area contributed by atoms with E-state index in [1.165, 1.54) is 30.8 Å². The highest BCUT2D eigenvalue weighted by Crippen LogP contribution is 2.17. The zero-order chi connectivity index (χ0) is 11.4. The van der Waals surface area contributed by atoms with E-state index in [2.05, 4.69) is 41.7 Å². The first kappa shape index (κ1) is 12.1. The Morgan fingerprint density at radius 2 is 2.44 bits per heavy atom. The number of likely N-dealkylation sites (N-methyl/N-ethyl adjacent to an activating group) is 1. The lowest BCUT2D eigenvalue weighted by atomic mass is 9.94. The fourth-order valence-corrected chi connectivity index (χ4v) is 3.25. The molecule has 2 atom stereocenters. The van der Waals surface area contributed by atoms with Crippen molar-refractivity contribution in [3.8, 4) is 0 Å². The largest absolute Gasteiger partial charge is 0.313 e. The van der Waals surface area contributed by atoms with Crippen LogP contribution in [0.4, 0.5) is 0 Å². The van der Waals surface area contributed by atoms with Crippen LogP contribution < -0.4 is 5.32 Å². The minimum atomic E-state index is 0.689. The minimum Gasteiger partial charge on any atom is -0.313 e. The Hall–Kier alpha value is -0.380. The van der Waals surface area contributed by atoms with Crippen molar-refractivity contribution in [2.24, 2.45) is 5.92 Å². The van der Waals surface area contributed by atoms with Crippen molar-refractivity contribution >= 4 is 11.3 Å². The molecule has 1 aliphatic heterocycles. The van der Waals surface area contributed by atoms with Gasteiger partial charge in [-0.1, -0.05) is 13.0 Å². The van der Waals surface area contributed by atoms with E-state index in [1.807, 2.05) is 11.3 Å². The molecule has 2 nitrogen and oxygen atoms in total. The van der Waals surface area contributed by atoms with Gasteiger partial charge < -0.3 is 5.32 Å². The fraction of sp³-hybridized carbons (Fsp3) is 0.692. The molecule has 1 fully saturated rings. The summed E-state index contributed by atoms with van der Waals surface area (Å²) in [6.45, 7) is 5.82. The number of hydrogen-bond acceptors (Lipinski definition) is 3. The maximum atomic E-state index is 3.62. The molecule has 1 saturated heterocycles. The molecule has 1 aromatic rings. The van der Waals surface area contributed by atoms with Gasteiger partial charge >= 0.3 is 0 Å². The number of piperidine rings is 1. The highest BCUT2D eigenvalue weighted by atomic mass is 32.1. The predicted molar refractivity (Wildman–Crippen MR) is 70.8 cm³/mol. The molecule has 3 heteroatoms. The molecule has 1 aliphatic rings. The van der Waals surface area contributed by atoms with Crippen molar-refractivity contribution in [3.63, 3.8) is 0 Å². The standard InChI is InChI=1S/C13H22N2S/c1-11-5-6-14-12(8-11)9-15(2)10-13-4-3-7-16-13/h3-4,7,11-12,14H,5-6,8-10H2,1-2H3. The van der Waals surface area contributed by atoms with E-state index in [9.17, 15) is 0 Å². The Labute approximate surface area is 103 Å². The van der Waals surface area contributed by atoms with Gasteiger partial charge in [-0.05, 0) is 43.8 Å². The van der Waals surface area contributed by atoms with E-state index < -0.39 is 0 Å². The van der Waals surface area contributed by atoms with Crippen molar-refractivity contribution in [2.45, 2.75) is 32.4 Å². The first-order valence-electron chi connectivity index (χ1n) is 6.18. The molecule has 1 aromatic heterocycles. The summed E-state index contributed by atoms with van der Waals surface area (Å²) in [6.07, 6.45) is 2.67. The first-order valence-corrected chi connectivity index (χ1v) is 7.06. The number of nitrogens with zero attached hydrogens (tertiary/aromatic N) is 1. The molecule has 16 heavy (non-hydrogen) atoms. The summed E-state index contributed by atoms with van der Waals surface area (Å²) in [5, 5.41) is 5.78. The van der Waals surface area contributed by atoms with Gasteiger partial charge in [-0.2, -0.15) is 0 Å². The van der Waals surface area contributed by atoms with Crippen LogP contribution in [0.3, 0.4) is 0 Å². The molecular formula is C13H22N2S. The zero-order valence-electron chi connectivity index (χ0n) is 10.3. The van der Waals surface area contributed by atoms with E-state index in [4.69, 9.17) is 0 Å². The van der Waals surface area contributed by atoms with Crippen molar-refractivity contribution < 1.29 is 0 Å². The van der Waals surface area contributed by atoms with Crippen molar-refractivity contribution in [1.82, 2.24) is 10.2 Å². The van der Waals surface area contributed by atoms with Crippen LogP contribution >= 0.6 is 11.3 Å². The lowest BCUT2D eigenvalue weighted by molar-refractivity contribution is 0.231. The molecule has 2 unspecified atom stereocenters. The Morgan fingerprint density at radius 1 is 1.56 bits per heavy atom. The highest BCUT2D eigenvalue weighted by molar-refractivity contribution is 7.09. The van der Waals surface area contributed by atoms with Crippen molar-refractivity contribution in [2.75, 3.05) is 20.1 Å². The number of rotatable bonds is 4. The molecule has 90 valence electrons. The summed E-state index contributed by atoms with van der Waals surface area (Å²) in [5.74, 6) is 0.890. The average Bonchev–Trinajstić information content (AvgIpc) is 2.70. The van der Waals surface area contributed by atoms with Crippen LogP contribution in [-0.4, -0.2) is 31.1 Å². The Bertz CT molecular complexity index is 297. The Morgan fingerprint density at radius 3 is 3.12 bits per heavy atom. The smallest absolute Gasteiger partial charge is 0.0325 e. The molecule has 0 radical (unpaired) electrons. The van der Waals surface area contributed by atoms with Gasteiger partial charge in [0.25, 0.3) is 0 Å². The lowest BCUT2D eigenvalue weighted by Crippen LogP contribution is -2.44. The van der Waals surface area contributed by atoms with Gasteiger partial charge in [0.15, 0.2) is 0 Å². The SMILES string of the molecule is CC1CCNC(CN(C)Cc2cccs2)C1. The fourth-order valence-electron chi connectivity index (χ4n) is 2.47. The van der Waals surface area contributed by atoms with E-state index in [0.717, 1.165) is 12.5 Å². The quantitative estimate of drug-likeness (QED) is 0.867. The maximum absolute atomic E-state index is 3.62. The van der Waals surface area contributed by atoms with Gasteiger partial charge in [0.1, 0.15) is 0 Å². The molecule has 0 amide bonds. The summed E-state index contributed by atoms with van der Waals surface area (Å²) in [5.41, 5.74) is 0. The van der Waals surface area contributed by atoms with Gasteiger partial charge in [0.2, 0.25) is 0 Å². The summed E-state index contributed by atoms with van der Waals surface area (Å²) in [6, 6.07) is 5.04. The number of nitrogens with one attached hydrogen (secondary N) is 1. The van der Waals surface area contributed by atoms with E-state index in [0.29, 0.717) is 6.04 Å². The second kappa shape index (κ2) is 5.80. The second-order valence-corrected chi connectivity index (χ2v) is 6.09. The monoisotopic (exact) mass is 238 g/mol. The lowest BCUT2D eigenvalue weighted by Gasteiger charge is -2.31. The van der Waals surface area contributed by atoms with Crippen LogP contribution in [0.15, 0.2) is 17.5 Å². The molecule has 2 heterocycles. The van der Waals surface area contributed by atoms with Gasteiger partial charge in [-0.3, -0.25) is 4.90 Å². The van der Waals surface area contributed by atoms with Crippen LogP contribution in [0.25, 0.3) is 0 Å². The summed E-state index contributed by atoms with van der Waals surface area (Å²) < 4.78 is 0. The van der Waals surface area contributed by atoms with Crippen molar-refractivity contribution in [1.29, 1.82) is 0 Å². The van der Waals surface area contributed by atoms with Gasteiger partial charge in [0, 0.05) is 24.0 Å². The van der Waals surface area contributed by atoms with Gasteiger partial charge in [-0.15, -0.1) is 11.3 Å². The normalized spacial score (nSPS) is 26.2. The highest BCUT2D eigenvalue weighted by Gasteiger charge is 2.19. The Kier molecular flexibility index (Phi) is 4.38. The topological polar surface area (TPSA) is 15.3 Å². The molecule has 0 aliphatic carbocycles. The molecule has 2 rings (SSSR count). The molecule has 0 spiro atoms. The summed E-state index contributed by atoms with van der Waals surface area (Å²) >= 11 is 1.85. The Balaban J connectivity index is 1.76. The summed E-state index contributed by atoms with van der Waals surface area (Å²) in [7, 11) is 2.22. The average molecular weight is 238 g/mol. The van der Waals surface area contributed by atoms with Crippen LogP contribution in [0.1, 0.15) is 24.6 Å². The van der Waals surface area contributed by atoms with Crippen LogP contribution in [0.2, 0.25) is 0 Å². The summed E-state index contributed by atoms with van der Waals surface area (Å²) in [4.78, 5) is 3.90. The number of thiophene rings is 1. The zero-order valence-corrected chi connectivity index (χ0v) is 11.1. The first-order chi connectivity index (χ1) is 7.74. The molecular weight excluding hydrogens is 216 g/mol. The van der Waals surface area contributed by atoms with Crippen LogP contribution in [0.5, 0.6) is 0 Å². The third-order valence-corrected chi connectivity index (χ3v) is 4.16. The van der Waals surface area contributed by atoms with Gasteiger partial charge in [0.05, 0.1) is 0 Å². The molecule has 0 aromatic carbocycles. The van der Waals surface area contributed by atoms with E-state index in [1.54, 1.807) is 0 Å². The van der Waals surface area contributed by atoms with Crippen molar-refractivity contribution in [3.05, 3.63) is 22.4 Å². The molecule has 1 N–H and O–H groups in total. The molecule has 0 bridgehead atoms. The third kappa shape index (κ3) is 3.58. The molecule has 0 saturated carbocycles. The number of hydrogen-bond donors (Lipinski definition) is 1. The van der Waals surface area contributed by atoms with Crippen LogP contribution in [-0.2, 0) is 6.54 Å². The van der Waals surface area contributed by atoms with Gasteiger partial charge in [-0.25, -0.2) is 0 Å². The minimum absolute atomic E-state index is 0.689. The van der Waals surface area contributed by atoms with Crippen LogP contribution in [0, 0.1) is 5.92 Å². The predicted octanol–water partition coefficient (Wildman–Crippen LogP) is 2.57. The third-order valence-electron chi connectivity index (χ3n) is 3.29. The maximum Gasteiger partial charge on any atom is 0.0325 e. The second-order valence-electron chi connectivity index (χ2n) is 5.06. The van der Waals surface area contributed by atoms with E-state index in [-0.39, 0.29) is 0 Å².